The Kier molecular flexibility index (Phi) is 6.97. The van der Waals surface area contributed by atoms with Gasteiger partial charge in [-0.25, -0.2) is 4.79 Å². The van der Waals surface area contributed by atoms with Crippen molar-refractivity contribution in [1.82, 2.24) is 15.1 Å². The average Bonchev–Trinajstić information content (AvgIpc) is 2.91. The van der Waals surface area contributed by atoms with Crippen LogP contribution < -0.4 is 5.32 Å². The molecule has 1 amide bonds. The van der Waals surface area contributed by atoms with Crippen molar-refractivity contribution in [2.45, 2.75) is 46.1 Å². The number of nitrogens with zero attached hydrogens (tertiary/aromatic N) is 3. The maximum Gasteiger partial charge on any atom is 0.410 e. The molecule has 128 valence electrons. The normalized spacial score (nSPS) is 17.4. The van der Waals surface area contributed by atoms with Crippen molar-refractivity contribution in [3.8, 4) is 0 Å². The minimum absolute atomic E-state index is 0.275. The zero-order valence-electron chi connectivity index (χ0n) is 15.0. The second-order valence-corrected chi connectivity index (χ2v) is 7.09. The summed E-state index contributed by atoms with van der Waals surface area (Å²) in [6, 6.07) is 0. The second kappa shape index (κ2) is 8.25. The number of rotatable bonds is 4. The van der Waals surface area contributed by atoms with Crippen LogP contribution in [-0.2, 0) is 4.74 Å². The quantitative estimate of drug-likeness (QED) is 0.638. The number of guanidine groups is 1. The van der Waals surface area contributed by atoms with Gasteiger partial charge in [-0.2, -0.15) is 0 Å². The molecule has 1 unspecified atom stereocenters. The number of likely N-dealkylation sites (tertiary alicyclic amines) is 1. The van der Waals surface area contributed by atoms with Crippen molar-refractivity contribution >= 4 is 12.1 Å². The molecule has 22 heavy (non-hydrogen) atoms. The fourth-order valence-corrected chi connectivity index (χ4v) is 2.47. The number of carbonyl (C=O) groups excluding carboxylic acids is 1. The third kappa shape index (κ3) is 6.54. The lowest BCUT2D eigenvalue weighted by molar-refractivity contribution is 0.0278. The van der Waals surface area contributed by atoms with Crippen LogP contribution in [0.15, 0.2) is 4.99 Å². The van der Waals surface area contributed by atoms with Crippen LogP contribution in [0.3, 0.4) is 0 Å². The summed E-state index contributed by atoms with van der Waals surface area (Å²) in [7, 11) is 3.60. The zero-order valence-corrected chi connectivity index (χ0v) is 15.0. The lowest BCUT2D eigenvalue weighted by atomic mass is 10.1. The minimum Gasteiger partial charge on any atom is -0.444 e. The molecule has 1 fully saturated rings. The molecular formula is C16H32N4O2. The summed E-state index contributed by atoms with van der Waals surface area (Å²) in [4.78, 5) is 20.2. The zero-order chi connectivity index (χ0) is 16.8. The van der Waals surface area contributed by atoms with E-state index in [0.717, 1.165) is 25.6 Å². The van der Waals surface area contributed by atoms with Gasteiger partial charge < -0.3 is 19.9 Å². The van der Waals surface area contributed by atoms with E-state index in [1.54, 1.807) is 11.9 Å². The maximum atomic E-state index is 11.9. The highest BCUT2D eigenvalue weighted by Gasteiger charge is 2.21. The van der Waals surface area contributed by atoms with Gasteiger partial charge in [-0.15, -0.1) is 0 Å². The van der Waals surface area contributed by atoms with Crippen LogP contribution in [0, 0.1) is 5.92 Å². The molecule has 0 aromatic carbocycles. The largest absolute Gasteiger partial charge is 0.444 e. The van der Waals surface area contributed by atoms with Gasteiger partial charge in [-0.05, 0) is 39.5 Å². The van der Waals surface area contributed by atoms with E-state index in [4.69, 9.17) is 4.74 Å². The highest BCUT2D eigenvalue weighted by molar-refractivity contribution is 5.80. The molecule has 0 spiro atoms. The van der Waals surface area contributed by atoms with Gasteiger partial charge in [0.25, 0.3) is 0 Å². The molecule has 1 aliphatic rings. The Balaban J connectivity index is 2.35. The van der Waals surface area contributed by atoms with Crippen molar-refractivity contribution in [2.75, 3.05) is 40.3 Å². The topological polar surface area (TPSA) is 57.2 Å². The fraction of sp³-hybridized carbons (Fsp3) is 0.875. The number of hydrogen-bond acceptors (Lipinski definition) is 3. The number of aliphatic imine (C=N–C) groups is 1. The molecule has 6 nitrogen and oxygen atoms in total. The molecule has 0 radical (unpaired) electrons. The van der Waals surface area contributed by atoms with E-state index in [1.165, 1.54) is 12.8 Å². The van der Waals surface area contributed by atoms with E-state index in [0.29, 0.717) is 12.5 Å². The van der Waals surface area contributed by atoms with Gasteiger partial charge in [0, 0.05) is 40.3 Å². The first-order valence-electron chi connectivity index (χ1n) is 8.12. The Morgan fingerprint density at radius 1 is 1.36 bits per heavy atom. The van der Waals surface area contributed by atoms with Crippen LogP contribution in [0.2, 0.25) is 0 Å². The number of nitrogens with one attached hydrogen (secondary N) is 1. The van der Waals surface area contributed by atoms with Crippen molar-refractivity contribution in [3.63, 3.8) is 0 Å². The van der Waals surface area contributed by atoms with Crippen molar-refractivity contribution in [1.29, 1.82) is 0 Å². The molecule has 0 aliphatic carbocycles. The Morgan fingerprint density at radius 3 is 2.45 bits per heavy atom. The summed E-state index contributed by atoms with van der Waals surface area (Å²) in [6.07, 6.45) is 2.19. The summed E-state index contributed by atoms with van der Waals surface area (Å²) in [5.74, 6) is 1.28. The molecule has 6 heteroatoms. The van der Waals surface area contributed by atoms with Crippen LogP contribution in [0.5, 0.6) is 0 Å². The van der Waals surface area contributed by atoms with E-state index in [2.05, 4.69) is 22.1 Å². The lowest BCUT2D eigenvalue weighted by Crippen LogP contribution is -2.43. The fourth-order valence-electron chi connectivity index (χ4n) is 2.47. The lowest BCUT2D eigenvalue weighted by Gasteiger charge is -2.27. The number of amides is 1. The van der Waals surface area contributed by atoms with E-state index in [9.17, 15) is 4.79 Å². The third-order valence-electron chi connectivity index (χ3n) is 3.52. The standard InChI is InChI=1S/C16H32N4O2/c1-13(12-19(6)15(21)22-16(2,3)4)11-18-14(17-5)20-9-7-8-10-20/h13H,7-12H2,1-6H3,(H,17,18). The smallest absolute Gasteiger partial charge is 0.410 e. The monoisotopic (exact) mass is 312 g/mol. The molecule has 0 aromatic rings. The molecular weight excluding hydrogens is 280 g/mol. The minimum atomic E-state index is -0.454. The Hall–Kier alpha value is -1.46. The van der Waals surface area contributed by atoms with E-state index in [1.807, 2.05) is 27.8 Å². The molecule has 1 saturated heterocycles. The highest BCUT2D eigenvalue weighted by atomic mass is 16.6. The summed E-state index contributed by atoms with van der Waals surface area (Å²) in [6.45, 7) is 11.3. The predicted octanol–water partition coefficient (Wildman–Crippen LogP) is 2.16. The van der Waals surface area contributed by atoms with Gasteiger partial charge in [0.2, 0.25) is 0 Å². The number of carbonyl (C=O) groups is 1. The summed E-state index contributed by atoms with van der Waals surface area (Å²) < 4.78 is 5.36. The first kappa shape index (κ1) is 18.6. The van der Waals surface area contributed by atoms with Crippen molar-refractivity contribution in [3.05, 3.63) is 0 Å². The van der Waals surface area contributed by atoms with E-state index >= 15 is 0 Å². The van der Waals surface area contributed by atoms with Crippen LogP contribution >= 0.6 is 0 Å². The molecule has 0 saturated carbocycles. The van der Waals surface area contributed by atoms with E-state index in [-0.39, 0.29) is 6.09 Å². The van der Waals surface area contributed by atoms with E-state index < -0.39 is 5.60 Å². The molecule has 1 heterocycles. The Labute approximate surface area is 134 Å². The van der Waals surface area contributed by atoms with Gasteiger partial charge in [0.05, 0.1) is 0 Å². The third-order valence-corrected chi connectivity index (χ3v) is 3.52. The van der Waals surface area contributed by atoms with Gasteiger partial charge in [-0.1, -0.05) is 6.92 Å². The number of ether oxygens (including phenoxy) is 1. The van der Waals surface area contributed by atoms with Crippen LogP contribution in [0.1, 0.15) is 40.5 Å². The van der Waals surface area contributed by atoms with Crippen LogP contribution in [-0.4, -0.2) is 67.7 Å². The predicted molar refractivity (Wildman–Crippen MR) is 90.2 cm³/mol. The van der Waals surface area contributed by atoms with Crippen molar-refractivity contribution < 1.29 is 9.53 Å². The Morgan fingerprint density at radius 2 is 1.95 bits per heavy atom. The summed E-state index contributed by atoms with van der Waals surface area (Å²) >= 11 is 0. The molecule has 1 rings (SSSR count). The SMILES string of the molecule is CN=C(NCC(C)CN(C)C(=O)OC(C)(C)C)N1CCCC1. The highest BCUT2D eigenvalue weighted by Crippen LogP contribution is 2.10. The average molecular weight is 312 g/mol. The molecule has 0 bridgehead atoms. The van der Waals surface area contributed by atoms with Gasteiger partial charge in [0.1, 0.15) is 5.60 Å². The first-order chi connectivity index (χ1) is 10.2. The molecule has 1 N–H and O–H groups in total. The molecule has 1 aliphatic heterocycles. The van der Waals surface area contributed by atoms with Gasteiger partial charge in [0.15, 0.2) is 5.96 Å². The van der Waals surface area contributed by atoms with Crippen molar-refractivity contribution in [2.24, 2.45) is 10.9 Å². The van der Waals surface area contributed by atoms with Crippen LogP contribution in [0.25, 0.3) is 0 Å². The Bertz CT molecular complexity index is 384. The molecule has 1 atom stereocenters. The molecule has 0 aromatic heterocycles. The first-order valence-corrected chi connectivity index (χ1v) is 8.12. The van der Waals surface area contributed by atoms with Crippen LogP contribution in [0.4, 0.5) is 4.79 Å². The summed E-state index contributed by atoms with van der Waals surface area (Å²) in [5, 5.41) is 3.40. The van der Waals surface area contributed by atoms with Gasteiger partial charge >= 0.3 is 6.09 Å². The van der Waals surface area contributed by atoms with Gasteiger partial charge in [-0.3, -0.25) is 4.99 Å². The maximum absolute atomic E-state index is 11.9. The summed E-state index contributed by atoms with van der Waals surface area (Å²) in [5.41, 5.74) is -0.454. The number of hydrogen-bond donors (Lipinski definition) is 1. The second-order valence-electron chi connectivity index (χ2n) is 7.09.